The molecule has 0 aliphatic carbocycles. The van der Waals surface area contributed by atoms with Crippen LogP contribution < -0.4 is 10.5 Å². The summed E-state index contributed by atoms with van der Waals surface area (Å²) in [5.74, 6) is -4.75. The number of hydrogen-bond donors (Lipinski definition) is 2. The van der Waals surface area contributed by atoms with E-state index < -0.39 is 59.3 Å². The van der Waals surface area contributed by atoms with Gasteiger partial charge in [0, 0.05) is 12.6 Å². The molecule has 234 valence electrons. The maximum Gasteiger partial charge on any atom is 0.416 e. The number of amides is 2. The Hall–Kier alpha value is -4.99. The third kappa shape index (κ3) is 6.45. The molecule has 5 rings (SSSR count). The van der Waals surface area contributed by atoms with Gasteiger partial charge in [-0.05, 0) is 52.3 Å². The zero-order valence-corrected chi connectivity index (χ0v) is 24.6. The summed E-state index contributed by atoms with van der Waals surface area (Å²) in [5.41, 5.74) is 4.71. The van der Waals surface area contributed by atoms with E-state index >= 15 is 4.39 Å². The summed E-state index contributed by atoms with van der Waals surface area (Å²) in [6, 6.07) is 12.7. The number of rotatable bonds is 9. The number of imidazole rings is 1. The largest absolute Gasteiger partial charge is 0.476 e. The minimum atomic E-state index is -4.58. The molecule has 2 amide bonds. The average molecular weight is 694 g/mol. The molecule has 0 fully saturated rings. The lowest BCUT2D eigenvalue weighted by Gasteiger charge is -2.24. The van der Waals surface area contributed by atoms with Gasteiger partial charge < -0.3 is 24.6 Å². The molecule has 3 aromatic carbocycles. The van der Waals surface area contributed by atoms with E-state index in [2.05, 4.69) is 25.9 Å². The van der Waals surface area contributed by atoms with Gasteiger partial charge >= 0.3 is 12.3 Å². The number of halogens is 6. The van der Waals surface area contributed by atoms with Crippen LogP contribution in [-0.4, -0.2) is 43.1 Å². The molecule has 16 heteroatoms. The minimum Gasteiger partial charge on any atom is -0.476 e. The summed E-state index contributed by atoms with van der Waals surface area (Å²) in [5, 5.41) is 10.1. The molecule has 0 radical (unpaired) electrons. The molecule has 5 aromatic rings. The lowest BCUT2D eigenvalue weighted by molar-refractivity contribution is -0.137. The number of fused-ring (bicyclic) bond motifs is 1. The van der Waals surface area contributed by atoms with Gasteiger partial charge in [0.2, 0.25) is 5.89 Å². The standard InChI is InChI=1S/C29H21BrF5N5O5/c1-39-18-5-3-2-4-17(18)37-21(39)13-40(28(42)43)12-20(44-19-11-10-16(31)22(23(19)32)26(36)41)27-38-24(25(30)45-27)14-6-8-15(9-7-14)29(33,34)35/h2-11,20H,12-13H2,1H3,(H2,36,41)(H,42,43). The first kappa shape index (κ1) is 31.4. The highest BCUT2D eigenvalue weighted by atomic mass is 79.9. The Bertz CT molecular complexity index is 1910. The number of nitrogens with two attached hydrogens (primary N) is 1. The maximum absolute atomic E-state index is 15.2. The van der Waals surface area contributed by atoms with Crippen molar-refractivity contribution in [2.45, 2.75) is 18.8 Å². The van der Waals surface area contributed by atoms with Crippen molar-refractivity contribution in [2.75, 3.05) is 6.54 Å². The molecule has 0 saturated heterocycles. The zero-order valence-electron chi connectivity index (χ0n) is 23.0. The van der Waals surface area contributed by atoms with Crippen LogP contribution >= 0.6 is 15.9 Å². The number of aryl methyl sites for hydroxylation is 1. The van der Waals surface area contributed by atoms with E-state index in [-0.39, 0.29) is 28.4 Å². The fourth-order valence-electron chi connectivity index (χ4n) is 4.54. The van der Waals surface area contributed by atoms with Gasteiger partial charge in [0.1, 0.15) is 22.9 Å². The van der Waals surface area contributed by atoms with E-state index in [0.717, 1.165) is 46.8 Å². The van der Waals surface area contributed by atoms with Crippen molar-refractivity contribution >= 4 is 39.0 Å². The summed E-state index contributed by atoms with van der Waals surface area (Å²) >= 11 is 3.16. The monoisotopic (exact) mass is 693 g/mol. The van der Waals surface area contributed by atoms with E-state index in [1.165, 1.54) is 0 Å². The van der Waals surface area contributed by atoms with Crippen LogP contribution in [0.1, 0.15) is 33.7 Å². The number of primary amides is 1. The average Bonchev–Trinajstić information content (AvgIpc) is 3.52. The molecule has 0 spiro atoms. The molecular weight excluding hydrogens is 673 g/mol. The van der Waals surface area contributed by atoms with Gasteiger partial charge in [0.25, 0.3) is 5.91 Å². The smallest absolute Gasteiger partial charge is 0.416 e. The number of hydrogen-bond acceptors (Lipinski definition) is 6. The van der Waals surface area contributed by atoms with Crippen molar-refractivity contribution in [1.29, 1.82) is 0 Å². The normalized spacial score (nSPS) is 12.3. The van der Waals surface area contributed by atoms with E-state index in [0.29, 0.717) is 11.3 Å². The summed E-state index contributed by atoms with van der Waals surface area (Å²) in [6.45, 7) is -0.826. The molecular formula is C29H21BrF5N5O5. The molecule has 2 aromatic heterocycles. The second-order valence-corrected chi connectivity index (χ2v) is 10.4. The highest BCUT2D eigenvalue weighted by Gasteiger charge is 2.32. The molecule has 10 nitrogen and oxygen atoms in total. The Morgan fingerprint density at radius 3 is 2.40 bits per heavy atom. The summed E-state index contributed by atoms with van der Waals surface area (Å²) in [7, 11) is 1.69. The van der Waals surface area contributed by atoms with Crippen molar-refractivity contribution in [3.8, 4) is 17.0 Å². The number of benzene rings is 3. The van der Waals surface area contributed by atoms with Gasteiger partial charge in [-0.1, -0.05) is 24.3 Å². The molecule has 0 bridgehead atoms. The number of alkyl halides is 3. The Kier molecular flexibility index (Phi) is 8.51. The first-order valence-electron chi connectivity index (χ1n) is 12.9. The molecule has 2 heterocycles. The number of carbonyl (C=O) groups excluding carboxylic acids is 1. The van der Waals surface area contributed by atoms with Gasteiger partial charge in [-0.2, -0.15) is 13.2 Å². The van der Waals surface area contributed by atoms with Crippen LogP contribution in [0.5, 0.6) is 5.75 Å². The molecule has 0 aliphatic heterocycles. The van der Waals surface area contributed by atoms with Crippen LogP contribution in [0, 0.1) is 11.6 Å². The number of nitrogens with zero attached hydrogens (tertiary/aromatic N) is 4. The Morgan fingerprint density at radius 1 is 1.09 bits per heavy atom. The molecule has 1 unspecified atom stereocenters. The lowest BCUT2D eigenvalue weighted by Crippen LogP contribution is -2.35. The number of carboxylic acid groups (broad SMARTS) is 1. The topological polar surface area (TPSA) is 137 Å². The number of para-hydroxylation sites is 2. The first-order chi connectivity index (χ1) is 21.2. The van der Waals surface area contributed by atoms with Crippen molar-refractivity contribution in [1.82, 2.24) is 19.4 Å². The van der Waals surface area contributed by atoms with Crippen molar-refractivity contribution in [3.63, 3.8) is 0 Å². The molecule has 3 N–H and O–H groups in total. The number of ether oxygens (including phenoxy) is 1. The third-order valence-electron chi connectivity index (χ3n) is 6.80. The van der Waals surface area contributed by atoms with Gasteiger partial charge in [0.15, 0.2) is 22.3 Å². The zero-order chi connectivity index (χ0) is 32.6. The molecule has 1 atom stereocenters. The fraction of sp³-hybridized carbons (Fsp3) is 0.172. The number of aromatic nitrogens is 3. The quantitative estimate of drug-likeness (QED) is 0.164. The van der Waals surface area contributed by atoms with Crippen LogP contribution in [0.3, 0.4) is 0 Å². The van der Waals surface area contributed by atoms with Crippen molar-refractivity contribution < 1.29 is 45.8 Å². The maximum atomic E-state index is 15.2. The Labute approximate surface area is 259 Å². The van der Waals surface area contributed by atoms with Crippen LogP contribution in [0.25, 0.3) is 22.3 Å². The van der Waals surface area contributed by atoms with E-state index in [1.54, 1.807) is 35.9 Å². The highest BCUT2D eigenvalue weighted by molar-refractivity contribution is 9.10. The minimum absolute atomic E-state index is 0.0296. The third-order valence-corrected chi connectivity index (χ3v) is 7.34. The van der Waals surface area contributed by atoms with E-state index in [4.69, 9.17) is 14.9 Å². The Morgan fingerprint density at radius 2 is 1.78 bits per heavy atom. The second kappa shape index (κ2) is 12.2. The number of carbonyl (C=O) groups is 2. The summed E-state index contributed by atoms with van der Waals surface area (Å²) in [6.07, 6.45) is -7.54. The Balaban J connectivity index is 1.54. The number of oxazole rings is 1. The van der Waals surface area contributed by atoms with Crippen molar-refractivity contribution in [3.05, 3.63) is 99.8 Å². The van der Waals surface area contributed by atoms with E-state index in [9.17, 15) is 32.3 Å². The lowest BCUT2D eigenvalue weighted by atomic mass is 10.1. The predicted octanol–water partition coefficient (Wildman–Crippen LogP) is 6.69. The van der Waals surface area contributed by atoms with Crippen LogP contribution in [-0.2, 0) is 19.8 Å². The van der Waals surface area contributed by atoms with Gasteiger partial charge in [-0.25, -0.2) is 23.5 Å². The first-order valence-corrected chi connectivity index (χ1v) is 13.7. The van der Waals surface area contributed by atoms with Gasteiger partial charge in [-0.3, -0.25) is 9.69 Å². The SMILES string of the molecule is Cn1c(CN(CC(Oc2ccc(F)c(C(N)=O)c2F)c2nc(-c3ccc(C(F)(F)F)cc3)c(Br)o2)C(=O)O)nc2ccccc21. The van der Waals surface area contributed by atoms with E-state index in [1.807, 2.05) is 0 Å². The predicted molar refractivity (Wildman–Crippen MR) is 152 cm³/mol. The highest BCUT2D eigenvalue weighted by Crippen LogP contribution is 2.36. The summed E-state index contributed by atoms with van der Waals surface area (Å²) < 4.78 is 81.7. The van der Waals surface area contributed by atoms with Crippen LogP contribution in [0.15, 0.2) is 69.8 Å². The molecule has 45 heavy (non-hydrogen) atoms. The summed E-state index contributed by atoms with van der Waals surface area (Å²) in [4.78, 5) is 33.8. The van der Waals surface area contributed by atoms with Crippen LogP contribution in [0.4, 0.5) is 26.7 Å². The second-order valence-electron chi connectivity index (χ2n) is 9.69. The van der Waals surface area contributed by atoms with Crippen LogP contribution in [0.2, 0.25) is 0 Å². The van der Waals surface area contributed by atoms with Gasteiger partial charge in [0.05, 0.1) is 29.7 Å². The molecule has 0 aliphatic rings. The van der Waals surface area contributed by atoms with Gasteiger partial charge in [-0.15, -0.1) is 0 Å². The molecule has 0 saturated carbocycles. The van der Waals surface area contributed by atoms with Crippen molar-refractivity contribution in [2.24, 2.45) is 12.8 Å². The fourth-order valence-corrected chi connectivity index (χ4v) is 5.02.